The number of aryl methyl sites for hydroxylation is 2. The van der Waals surface area contributed by atoms with Crippen molar-refractivity contribution in [2.75, 3.05) is 5.32 Å². The molecule has 0 aliphatic carbocycles. The number of nitrogens with zero attached hydrogens (tertiary/aromatic N) is 3. The van der Waals surface area contributed by atoms with Crippen molar-refractivity contribution in [1.82, 2.24) is 14.5 Å². The Morgan fingerprint density at radius 3 is 2.95 bits per heavy atom. The molecule has 3 aromatic rings. The van der Waals surface area contributed by atoms with Crippen LogP contribution in [0.15, 0.2) is 40.9 Å². The molecule has 0 aliphatic rings. The lowest BCUT2D eigenvalue weighted by atomic mass is 10.3. The molecule has 7 heteroatoms. The summed E-state index contributed by atoms with van der Waals surface area (Å²) in [6.07, 6.45) is 3.36. The number of hydrogen-bond donors (Lipinski definition) is 1. The number of hydrogen-bond acceptors (Lipinski definition) is 5. The van der Waals surface area contributed by atoms with Gasteiger partial charge in [0.25, 0.3) is 5.56 Å². The zero-order valence-electron chi connectivity index (χ0n) is 11.9. The van der Waals surface area contributed by atoms with Gasteiger partial charge >= 0.3 is 0 Å². The summed E-state index contributed by atoms with van der Waals surface area (Å²) in [5.41, 5.74) is 0.909. The maximum absolute atomic E-state index is 12.2. The van der Waals surface area contributed by atoms with Gasteiger partial charge in [0, 0.05) is 19.2 Å². The average Bonchev–Trinajstić information content (AvgIpc) is 2.98. The van der Waals surface area contributed by atoms with Gasteiger partial charge in [-0.1, -0.05) is 6.07 Å². The Bertz CT molecular complexity index is 867. The third-order valence-corrected chi connectivity index (χ3v) is 4.03. The number of pyridine rings is 1. The molecule has 0 unspecified atom stereocenters. The van der Waals surface area contributed by atoms with Crippen LogP contribution in [0.1, 0.15) is 12.0 Å². The van der Waals surface area contributed by atoms with Crippen LogP contribution in [0.3, 0.4) is 0 Å². The number of nitrogens with one attached hydrogen (secondary N) is 1. The van der Waals surface area contributed by atoms with E-state index < -0.39 is 0 Å². The first-order chi connectivity index (χ1) is 10.6. The highest BCUT2D eigenvalue weighted by molar-refractivity contribution is 7.16. The van der Waals surface area contributed by atoms with Crippen LogP contribution in [0, 0.1) is 6.92 Å². The monoisotopic (exact) mass is 314 g/mol. The molecule has 1 N–H and O–H groups in total. The molecule has 0 atom stereocenters. The minimum absolute atomic E-state index is 0.118. The fourth-order valence-corrected chi connectivity index (χ4v) is 2.75. The van der Waals surface area contributed by atoms with Gasteiger partial charge in [-0.3, -0.25) is 14.2 Å². The van der Waals surface area contributed by atoms with Crippen molar-refractivity contribution in [3.63, 3.8) is 0 Å². The van der Waals surface area contributed by atoms with Crippen LogP contribution in [-0.4, -0.2) is 20.4 Å². The van der Waals surface area contributed by atoms with Crippen molar-refractivity contribution in [1.29, 1.82) is 0 Å². The second-order valence-electron chi connectivity index (χ2n) is 4.90. The molecule has 112 valence electrons. The lowest BCUT2D eigenvalue weighted by Gasteiger charge is -2.06. The smallest absolute Gasteiger partial charge is 0.262 e. The Kier molecular flexibility index (Phi) is 3.97. The normalized spacial score (nSPS) is 10.8. The Morgan fingerprint density at radius 2 is 2.18 bits per heavy atom. The van der Waals surface area contributed by atoms with E-state index in [4.69, 9.17) is 0 Å². The molecule has 3 aromatic heterocycles. The van der Waals surface area contributed by atoms with Gasteiger partial charge in [0.1, 0.15) is 10.6 Å². The molecular weight excluding hydrogens is 300 g/mol. The van der Waals surface area contributed by atoms with E-state index in [0.29, 0.717) is 11.2 Å². The maximum atomic E-state index is 12.2. The first kappa shape index (κ1) is 14.4. The fraction of sp³-hybridized carbons (Fsp3) is 0.200. The molecule has 1 amide bonds. The molecule has 6 nitrogen and oxygen atoms in total. The first-order valence-electron chi connectivity index (χ1n) is 6.78. The van der Waals surface area contributed by atoms with Crippen molar-refractivity contribution in [2.45, 2.75) is 19.9 Å². The number of carbonyl (C=O) groups is 1. The number of rotatable bonds is 4. The van der Waals surface area contributed by atoms with Gasteiger partial charge in [-0.05, 0) is 30.0 Å². The van der Waals surface area contributed by atoms with Crippen molar-refractivity contribution >= 4 is 33.3 Å². The lowest BCUT2D eigenvalue weighted by Crippen LogP contribution is -2.23. The van der Waals surface area contributed by atoms with Crippen LogP contribution in [-0.2, 0) is 11.3 Å². The summed E-state index contributed by atoms with van der Waals surface area (Å²) in [4.78, 5) is 33.1. The fourth-order valence-electron chi connectivity index (χ4n) is 2.02. The first-order valence-corrected chi connectivity index (χ1v) is 7.66. The second kappa shape index (κ2) is 6.07. The van der Waals surface area contributed by atoms with E-state index in [1.165, 1.54) is 22.2 Å². The minimum Gasteiger partial charge on any atom is -0.311 e. The highest BCUT2D eigenvalue weighted by Gasteiger charge is 2.08. The summed E-state index contributed by atoms with van der Waals surface area (Å²) in [5.74, 6) is 0.322. The van der Waals surface area contributed by atoms with Gasteiger partial charge in [-0.2, -0.15) is 0 Å². The molecule has 0 spiro atoms. The molecule has 0 aromatic carbocycles. The van der Waals surface area contributed by atoms with Gasteiger partial charge in [-0.15, -0.1) is 11.3 Å². The molecule has 0 bridgehead atoms. The molecule has 0 fully saturated rings. The van der Waals surface area contributed by atoms with Gasteiger partial charge in [0.2, 0.25) is 5.91 Å². The molecule has 22 heavy (non-hydrogen) atoms. The van der Waals surface area contributed by atoms with E-state index in [-0.39, 0.29) is 24.4 Å². The number of aromatic nitrogens is 3. The molecule has 0 saturated heterocycles. The van der Waals surface area contributed by atoms with Gasteiger partial charge in [-0.25, -0.2) is 9.97 Å². The van der Waals surface area contributed by atoms with E-state index in [2.05, 4.69) is 15.3 Å². The van der Waals surface area contributed by atoms with Crippen molar-refractivity contribution in [3.8, 4) is 0 Å². The summed E-state index contributed by atoms with van der Waals surface area (Å²) in [5, 5.41) is 5.13. The number of amides is 1. The highest BCUT2D eigenvalue weighted by Crippen LogP contribution is 2.13. The van der Waals surface area contributed by atoms with Crippen molar-refractivity contribution in [2.24, 2.45) is 0 Å². The summed E-state index contributed by atoms with van der Waals surface area (Å²) < 4.78 is 1.46. The van der Waals surface area contributed by atoms with E-state index in [9.17, 15) is 9.59 Å². The van der Waals surface area contributed by atoms with Crippen LogP contribution in [0.25, 0.3) is 10.2 Å². The molecule has 0 aliphatic heterocycles. The molecular formula is C15H14N4O2S. The van der Waals surface area contributed by atoms with Crippen LogP contribution < -0.4 is 10.9 Å². The molecule has 0 saturated carbocycles. The van der Waals surface area contributed by atoms with Gasteiger partial charge < -0.3 is 5.32 Å². The third-order valence-electron chi connectivity index (χ3n) is 3.21. The maximum Gasteiger partial charge on any atom is 0.262 e. The topological polar surface area (TPSA) is 76.9 Å². The average molecular weight is 314 g/mol. The van der Waals surface area contributed by atoms with Crippen molar-refractivity contribution in [3.05, 3.63) is 52.0 Å². The minimum atomic E-state index is -0.186. The number of thiophene rings is 1. The Balaban J connectivity index is 1.66. The Morgan fingerprint density at radius 1 is 1.32 bits per heavy atom. The van der Waals surface area contributed by atoms with E-state index in [1.807, 2.05) is 18.4 Å². The summed E-state index contributed by atoms with van der Waals surface area (Å²) in [6, 6.07) is 5.38. The summed E-state index contributed by atoms with van der Waals surface area (Å²) in [7, 11) is 0. The predicted octanol–water partition coefficient (Wildman–Crippen LogP) is 2.19. The van der Waals surface area contributed by atoms with E-state index in [1.54, 1.807) is 18.3 Å². The summed E-state index contributed by atoms with van der Waals surface area (Å²) >= 11 is 1.43. The SMILES string of the molecule is Cc1ccc(NC(=O)CCn2cnc3sccc3c2=O)nc1. The zero-order chi connectivity index (χ0) is 15.5. The second-order valence-corrected chi connectivity index (χ2v) is 5.80. The van der Waals surface area contributed by atoms with Gasteiger partial charge in [0.05, 0.1) is 11.7 Å². The van der Waals surface area contributed by atoms with Crippen LogP contribution in [0.5, 0.6) is 0 Å². The molecule has 3 heterocycles. The number of carbonyl (C=O) groups excluding carboxylic acids is 1. The number of anilines is 1. The standard InChI is InChI=1S/C15H14N4O2S/c1-10-2-3-12(16-8-10)18-13(20)4-6-19-9-17-14-11(15(19)21)5-7-22-14/h2-3,5,7-9H,4,6H2,1H3,(H,16,18,20). The quantitative estimate of drug-likeness (QED) is 0.801. The van der Waals surface area contributed by atoms with Crippen LogP contribution in [0.2, 0.25) is 0 Å². The Hall–Kier alpha value is -2.54. The summed E-state index contributed by atoms with van der Waals surface area (Å²) in [6.45, 7) is 2.22. The zero-order valence-corrected chi connectivity index (χ0v) is 12.8. The third kappa shape index (κ3) is 3.04. The van der Waals surface area contributed by atoms with Crippen molar-refractivity contribution < 1.29 is 4.79 Å². The van der Waals surface area contributed by atoms with Gasteiger partial charge in [0.15, 0.2) is 0 Å². The molecule has 0 radical (unpaired) electrons. The van der Waals surface area contributed by atoms with E-state index in [0.717, 1.165) is 10.4 Å². The lowest BCUT2D eigenvalue weighted by molar-refractivity contribution is -0.116. The van der Waals surface area contributed by atoms with Crippen LogP contribution in [0.4, 0.5) is 5.82 Å². The number of fused-ring (bicyclic) bond motifs is 1. The predicted molar refractivity (Wildman–Crippen MR) is 86.1 cm³/mol. The Labute approximate surface area is 130 Å². The largest absolute Gasteiger partial charge is 0.311 e. The highest BCUT2D eigenvalue weighted by atomic mass is 32.1. The molecule has 3 rings (SSSR count). The van der Waals surface area contributed by atoms with Crippen LogP contribution >= 0.6 is 11.3 Å². The van der Waals surface area contributed by atoms with E-state index >= 15 is 0 Å².